The summed E-state index contributed by atoms with van der Waals surface area (Å²) in [5, 5.41) is 25.5. The van der Waals surface area contributed by atoms with E-state index in [4.69, 9.17) is 15.3 Å². The van der Waals surface area contributed by atoms with Gasteiger partial charge in [-0.3, -0.25) is 0 Å². The van der Waals surface area contributed by atoms with Crippen molar-refractivity contribution in [1.82, 2.24) is 0 Å². The first-order chi connectivity index (χ1) is 4.31. The fraction of sp³-hybridized carbons (Fsp3) is 1.00. The first-order valence-corrected chi connectivity index (χ1v) is 3.21. The molecule has 0 aliphatic heterocycles. The standard InChI is InChI=1S/C6H14O3/c7-4-1-2-6(9)3-5-8/h6-9H,1-5H2/t6-/m0/s1. The minimum atomic E-state index is -0.442. The van der Waals surface area contributed by atoms with E-state index in [1.165, 1.54) is 0 Å². The second-order valence-electron chi connectivity index (χ2n) is 2.03. The lowest BCUT2D eigenvalue weighted by atomic mass is 10.1. The fourth-order valence-electron chi connectivity index (χ4n) is 0.620. The number of hydrogen-bond donors (Lipinski definition) is 3. The molecule has 3 nitrogen and oxygen atoms in total. The average Bonchev–Trinajstić information content (AvgIpc) is 1.85. The van der Waals surface area contributed by atoms with E-state index in [0.29, 0.717) is 19.3 Å². The maximum absolute atomic E-state index is 8.91. The Morgan fingerprint density at radius 3 is 2.11 bits per heavy atom. The normalized spacial score (nSPS) is 13.7. The summed E-state index contributed by atoms with van der Waals surface area (Å²) in [7, 11) is 0. The number of aliphatic hydroxyl groups is 3. The fourth-order valence-corrected chi connectivity index (χ4v) is 0.620. The third-order valence-electron chi connectivity index (χ3n) is 1.16. The molecule has 0 radical (unpaired) electrons. The topological polar surface area (TPSA) is 60.7 Å². The van der Waals surface area contributed by atoms with E-state index in [0.717, 1.165) is 0 Å². The van der Waals surface area contributed by atoms with Crippen LogP contribution in [-0.4, -0.2) is 34.6 Å². The minimum absolute atomic E-state index is 0.0204. The first-order valence-electron chi connectivity index (χ1n) is 3.21. The van der Waals surface area contributed by atoms with Crippen molar-refractivity contribution in [3.05, 3.63) is 0 Å². The molecular formula is C6H14O3. The zero-order chi connectivity index (χ0) is 7.11. The Balaban J connectivity index is 2.95. The Hall–Kier alpha value is -0.120. The van der Waals surface area contributed by atoms with Crippen LogP contribution in [0.25, 0.3) is 0 Å². The van der Waals surface area contributed by atoms with Crippen molar-refractivity contribution >= 4 is 0 Å². The van der Waals surface area contributed by atoms with Crippen LogP contribution >= 0.6 is 0 Å². The molecule has 0 amide bonds. The average molecular weight is 134 g/mol. The van der Waals surface area contributed by atoms with Crippen LogP contribution in [0.1, 0.15) is 19.3 Å². The van der Waals surface area contributed by atoms with Crippen molar-refractivity contribution in [2.75, 3.05) is 13.2 Å². The molecule has 1 atom stereocenters. The molecule has 0 rings (SSSR count). The molecule has 0 bridgehead atoms. The summed E-state index contributed by atoms with van der Waals surface area (Å²) >= 11 is 0. The predicted molar refractivity (Wildman–Crippen MR) is 34.0 cm³/mol. The van der Waals surface area contributed by atoms with E-state index in [1.807, 2.05) is 0 Å². The minimum Gasteiger partial charge on any atom is -0.396 e. The third-order valence-corrected chi connectivity index (χ3v) is 1.16. The smallest absolute Gasteiger partial charge is 0.0563 e. The second kappa shape index (κ2) is 6.01. The molecule has 0 aliphatic rings. The highest BCUT2D eigenvalue weighted by molar-refractivity contribution is 4.53. The quantitative estimate of drug-likeness (QED) is 0.475. The van der Waals surface area contributed by atoms with Gasteiger partial charge < -0.3 is 15.3 Å². The van der Waals surface area contributed by atoms with Gasteiger partial charge in [0.25, 0.3) is 0 Å². The van der Waals surface area contributed by atoms with Crippen molar-refractivity contribution in [2.45, 2.75) is 25.4 Å². The van der Waals surface area contributed by atoms with E-state index < -0.39 is 6.10 Å². The molecule has 0 aromatic heterocycles. The monoisotopic (exact) mass is 134 g/mol. The summed E-state index contributed by atoms with van der Waals surface area (Å²) in [5.41, 5.74) is 0. The van der Waals surface area contributed by atoms with E-state index in [2.05, 4.69) is 0 Å². The Morgan fingerprint density at radius 1 is 1.00 bits per heavy atom. The summed E-state index contributed by atoms with van der Waals surface area (Å²) in [5.74, 6) is 0. The molecule has 3 N–H and O–H groups in total. The van der Waals surface area contributed by atoms with E-state index in [9.17, 15) is 0 Å². The zero-order valence-electron chi connectivity index (χ0n) is 5.45. The summed E-state index contributed by atoms with van der Waals surface area (Å²) in [6.07, 6.45) is 1.17. The molecule has 0 saturated carbocycles. The van der Waals surface area contributed by atoms with E-state index in [-0.39, 0.29) is 13.2 Å². The maximum Gasteiger partial charge on any atom is 0.0563 e. The number of rotatable bonds is 5. The molecule has 0 heterocycles. The third kappa shape index (κ3) is 5.76. The van der Waals surface area contributed by atoms with Gasteiger partial charge >= 0.3 is 0 Å². The van der Waals surface area contributed by atoms with Crippen LogP contribution in [0, 0.1) is 0 Å². The molecule has 0 aromatic rings. The first kappa shape index (κ1) is 8.88. The molecule has 0 spiro atoms. The van der Waals surface area contributed by atoms with Crippen LogP contribution in [0.4, 0.5) is 0 Å². The summed E-state index contributed by atoms with van der Waals surface area (Å²) in [6, 6.07) is 0. The summed E-state index contributed by atoms with van der Waals surface area (Å²) < 4.78 is 0. The van der Waals surface area contributed by atoms with Crippen molar-refractivity contribution in [1.29, 1.82) is 0 Å². The van der Waals surface area contributed by atoms with Gasteiger partial charge in [-0.2, -0.15) is 0 Å². The van der Waals surface area contributed by atoms with Crippen LogP contribution in [0.15, 0.2) is 0 Å². The molecule has 0 unspecified atom stereocenters. The second-order valence-corrected chi connectivity index (χ2v) is 2.03. The van der Waals surface area contributed by atoms with Crippen LogP contribution in [0.3, 0.4) is 0 Å². The molecule has 9 heavy (non-hydrogen) atoms. The number of aliphatic hydroxyl groups excluding tert-OH is 3. The Bertz CT molecular complexity index is 56.3. The Labute approximate surface area is 54.9 Å². The van der Waals surface area contributed by atoms with Gasteiger partial charge in [-0.15, -0.1) is 0 Å². The SMILES string of the molecule is OCCC[C@H](O)CCO. The molecule has 3 heteroatoms. The maximum atomic E-state index is 8.91. The van der Waals surface area contributed by atoms with Crippen LogP contribution in [0.5, 0.6) is 0 Å². The van der Waals surface area contributed by atoms with Gasteiger partial charge in [0.1, 0.15) is 0 Å². The van der Waals surface area contributed by atoms with Gasteiger partial charge in [0.05, 0.1) is 6.10 Å². The lowest BCUT2D eigenvalue weighted by Crippen LogP contribution is -2.08. The van der Waals surface area contributed by atoms with Gasteiger partial charge in [0.2, 0.25) is 0 Å². The molecule has 0 fully saturated rings. The van der Waals surface area contributed by atoms with Crippen molar-refractivity contribution in [3.8, 4) is 0 Å². The van der Waals surface area contributed by atoms with Crippen LogP contribution in [0.2, 0.25) is 0 Å². The largest absolute Gasteiger partial charge is 0.396 e. The van der Waals surface area contributed by atoms with Gasteiger partial charge in [0, 0.05) is 13.2 Å². The Morgan fingerprint density at radius 2 is 1.67 bits per heavy atom. The summed E-state index contributed by atoms with van der Waals surface area (Å²) in [4.78, 5) is 0. The number of hydrogen-bond acceptors (Lipinski definition) is 3. The van der Waals surface area contributed by atoms with Crippen LogP contribution in [-0.2, 0) is 0 Å². The zero-order valence-corrected chi connectivity index (χ0v) is 5.45. The lowest BCUT2D eigenvalue weighted by molar-refractivity contribution is 0.116. The van der Waals surface area contributed by atoms with Gasteiger partial charge in [0.15, 0.2) is 0 Å². The molecule has 56 valence electrons. The van der Waals surface area contributed by atoms with Crippen molar-refractivity contribution < 1.29 is 15.3 Å². The highest BCUT2D eigenvalue weighted by Crippen LogP contribution is 1.99. The highest BCUT2D eigenvalue weighted by atomic mass is 16.3. The molecule has 0 saturated heterocycles. The van der Waals surface area contributed by atoms with Crippen molar-refractivity contribution in [3.63, 3.8) is 0 Å². The molecule has 0 aliphatic carbocycles. The summed E-state index contributed by atoms with van der Waals surface area (Å²) in [6.45, 7) is 0.134. The Kier molecular flexibility index (Phi) is 5.93. The van der Waals surface area contributed by atoms with Crippen molar-refractivity contribution in [2.24, 2.45) is 0 Å². The van der Waals surface area contributed by atoms with E-state index in [1.54, 1.807) is 0 Å². The van der Waals surface area contributed by atoms with E-state index >= 15 is 0 Å². The predicted octanol–water partition coefficient (Wildman–Crippen LogP) is -0.498. The van der Waals surface area contributed by atoms with Crippen LogP contribution < -0.4 is 0 Å². The molecule has 0 aromatic carbocycles. The highest BCUT2D eigenvalue weighted by Gasteiger charge is 2.00. The van der Waals surface area contributed by atoms with Gasteiger partial charge in [-0.05, 0) is 19.3 Å². The molecular weight excluding hydrogens is 120 g/mol. The van der Waals surface area contributed by atoms with Gasteiger partial charge in [-0.25, -0.2) is 0 Å². The van der Waals surface area contributed by atoms with Gasteiger partial charge in [-0.1, -0.05) is 0 Å². The lowest BCUT2D eigenvalue weighted by Gasteiger charge is -2.05.